The Morgan fingerprint density at radius 3 is 2.45 bits per heavy atom. The van der Waals surface area contributed by atoms with Crippen molar-refractivity contribution in [3.8, 4) is 22.8 Å². The molecule has 1 N–H and O–H groups in total. The zero-order chi connectivity index (χ0) is 23.8. The van der Waals surface area contributed by atoms with Gasteiger partial charge in [0.05, 0.1) is 26.0 Å². The number of aliphatic hydroxyl groups is 1. The fraction of sp³-hybridized carbons (Fsp3) is 0.208. The number of halogens is 4. The molecule has 0 saturated carbocycles. The third kappa shape index (κ3) is 4.63. The Balaban J connectivity index is 1.94. The third-order valence-electron chi connectivity index (χ3n) is 5.30. The van der Waals surface area contributed by atoms with Crippen LogP contribution in [0.15, 0.2) is 54.7 Å². The monoisotopic (exact) mass is 460 g/mol. The van der Waals surface area contributed by atoms with Crippen molar-refractivity contribution in [1.29, 1.82) is 0 Å². The lowest BCUT2D eigenvalue weighted by Gasteiger charge is -2.12. The van der Waals surface area contributed by atoms with E-state index in [1.807, 2.05) is 0 Å². The van der Waals surface area contributed by atoms with Gasteiger partial charge < -0.3 is 19.1 Å². The molecule has 172 valence electrons. The summed E-state index contributed by atoms with van der Waals surface area (Å²) in [4.78, 5) is 4.17. The van der Waals surface area contributed by atoms with Crippen LogP contribution in [0.4, 0.5) is 17.6 Å². The van der Waals surface area contributed by atoms with E-state index in [2.05, 4.69) is 9.72 Å². The van der Waals surface area contributed by atoms with Crippen LogP contribution in [0.5, 0.6) is 11.6 Å². The fourth-order valence-electron chi connectivity index (χ4n) is 3.85. The lowest BCUT2D eigenvalue weighted by Crippen LogP contribution is -2.17. The number of benzene rings is 2. The summed E-state index contributed by atoms with van der Waals surface area (Å²) in [6.45, 7) is 1.41. The minimum absolute atomic E-state index is 0.0710. The van der Waals surface area contributed by atoms with Gasteiger partial charge >= 0.3 is 6.36 Å². The highest BCUT2D eigenvalue weighted by atomic mass is 19.4. The predicted octanol–water partition coefficient (Wildman–Crippen LogP) is 5.60. The molecule has 0 aliphatic carbocycles. The molecule has 0 unspecified atom stereocenters. The second-order valence-corrected chi connectivity index (χ2v) is 7.48. The summed E-state index contributed by atoms with van der Waals surface area (Å²) in [7, 11) is 1.46. The number of nitrogens with zero attached hydrogens (tertiary/aromatic N) is 2. The number of pyridine rings is 1. The number of rotatable bonds is 6. The molecule has 2 aromatic heterocycles. The number of fused-ring (bicyclic) bond motifs is 1. The van der Waals surface area contributed by atoms with E-state index in [4.69, 9.17) is 4.74 Å². The first-order valence-electron chi connectivity index (χ1n) is 9.97. The lowest BCUT2D eigenvalue weighted by atomic mass is 10.0. The summed E-state index contributed by atoms with van der Waals surface area (Å²) in [5.74, 6) is -0.456. The Labute approximate surface area is 186 Å². The Kier molecular flexibility index (Phi) is 5.99. The van der Waals surface area contributed by atoms with Gasteiger partial charge in [0.2, 0.25) is 5.88 Å². The van der Waals surface area contributed by atoms with E-state index < -0.39 is 24.5 Å². The van der Waals surface area contributed by atoms with Crippen molar-refractivity contribution in [3.05, 3.63) is 77.4 Å². The molecule has 4 rings (SSSR count). The molecule has 33 heavy (non-hydrogen) atoms. The average Bonchev–Trinajstić information content (AvgIpc) is 3.07. The van der Waals surface area contributed by atoms with Gasteiger partial charge in [0.1, 0.15) is 11.6 Å². The van der Waals surface area contributed by atoms with Crippen LogP contribution in [0.3, 0.4) is 0 Å². The Morgan fingerprint density at radius 2 is 1.85 bits per heavy atom. The normalized spacial score (nSPS) is 11.7. The SMILES string of the molecule is COc1ccc(-c2c(CO)n(Cc3ccc(C)cc3F)c3ccc(OC(F)(F)F)cc23)cn1. The second kappa shape index (κ2) is 8.74. The Hall–Kier alpha value is -3.59. The topological polar surface area (TPSA) is 56.5 Å². The molecule has 2 aromatic carbocycles. The molecule has 4 aromatic rings. The molecular formula is C24H20F4N2O3. The summed E-state index contributed by atoms with van der Waals surface area (Å²) in [6.07, 6.45) is -3.36. The highest BCUT2D eigenvalue weighted by molar-refractivity contribution is 5.99. The molecule has 0 radical (unpaired) electrons. The van der Waals surface area contributed by atoms with Crippen molar-refractivity contribution >= 4 is 10.9 Å². The maximum Gasteiger partial charge on any atom is 0.573 e. The molecule has 0 spiro atoms. The molecule has 0 saturated heterocycles. The van der Waals surface area contributed by atoms with Gasteiger partial charge in [-0.3, -0.25) is 0 Å². The van der Waals surface area contributed by atoms with E-state index in [9.17, 15) is 22.7 Å². The fourth-order valence-corrected chi connectivity index (χ4v) is 3.85. The van der Waals surface area contributed by atoms with Crippen LogP contribution in [0.2, 0.25) is 0 Å². The number of aliphatic hydroxyl groups excluding tert-OH is 1. The van der Waals surface area contributed by atoms with E-state index in [-0.39, 0.29) is 6.54 Å². The molecule has 0 aliphatic heterocycles. The standard InChI is InChI=1S/C24H20F4N2O3/c1-14-3-4-16(19(25)9-14)12-30-20-7-6-17(33-24(26,27)28)10-18(20)23(21(30)13-31)15-5-8-22(32-2)29-11-15/h3-11,31H,12-13H2,1-2H3. The van der Waals surface area contributed by atoms with Crippen molar-refractivity contribution < 1.29 is 32.1 Å². The first-order chi connectivity index (χ1) is 15.7. The van der Waals surface area contributed by atoms with E-state index in [1.54, 1.807) is 35.8 Å². The van der Waals surface area contributed by atoms with Crippen LogP contribution in [-0.4, -0.2) is 28.1 Å². The van der Waals surface area contributed by atoms with Crippen molar-refractivity contribution in [3.63, 3.8) is 0 Å². The Morgan fingerprint density at radius 1 is 1.06 bits per heavy atom. The summed E-state index contributed by atoms with van der Waals surface area (Å²) >= 11 is 0. The average molecular weight is 460 g/mol. The number of aryl methyl sites for hydroxylation is 1. The summed E-state index contributed by atoms with van der Waals surface area (Å²) in [6, 6.07) is 12.0. The number of hydrogen-bond donors (Lipinski definition) is 1. The van der Waals surface area contributed by atoms with Crippen LogP contribution in [0, 0.1) is 12.7 Å². The molecule has 0 aliphatic rings. The molecule has 0 amide bonds. The second-order valence-electron chi connectivity index (χ2n) is 7.48. The molecular weight excluding hydrogens is 440 g/mol. The smallest absolute Gasteiger partial charge is 0.481 e. The number of methoxy groups -OCH3 is 1. The zero-order valence-electron chi connectivity index (χ0n) is 17.8. The molecule has 0 bridgehead atoms. The molecule has 0 atom stereocenters. The number of aromatic nitrogens is 2. The summed E-state index contributed by atoms with van der Waals surface area (Å²) in [5.41, 5.74) is 3.08. The van der Waals surface area contributed by atoms with E-state index >= 15 is 0 Å². The van der Waals surface area contributed by atoms with Crippen LogP contribution in [0.25, 0.3) is 22.0 Å². The molecule has 5 nitrogen and oxygen atoms in total. The van der Waals surface area contributed by atoms with Crippen molar-refractivity contribution in [1.82, 2.24) is 9.55 Å². The van der Waals surface area contributed by atoms with Gasteiger partial charge in [-0.2, -0.15) is 0 Å². The number of ether oxygens (including phenoxy) is 2. The predicted molar refractivity (Wildman–Crippen MR) is 115 cm³/mol. The summed E-state index contributed by atoms with van der Waals surface area (Å²) in [5, 5.41) is 10.6. The molecule has 9 heteroatoms. The van der Waals surface area contributed by atoms with E-state index in [0.717, 1.165) is 5.56 Å². The van der Waals surface area contributed by atoms with Gasteiger partial charge in [-0.05, 0) is 42.8 Å². The van der Waals surface area contributed by atoms with Crippen LogP contribution in [0.1, 0.15) is 16.8 Å². The van der Waals surface area contributed by atoms with Crippen LogP contribution in [-0.2, 0) is 13.2 Å². The van der Waals surface area contributed by atoms with E-state index in [0.29, 0.717) is 39.2 Å². The van der Waals surface area contributed by atoms with Crippen molar-refractivity contribution in [2.24, 2.45) is 0 Å². The Bertz CT molecular complexity index is 1300. The maximum absolute atomic E-state index is 14.6. The largest absolute Gasteiger partial charge is 0.573 e. The third-order valence-corrected chi connectivity index (χ3v) is 5.30. The van der Waals surface area contributed by atoms with Gasteiger partial charge in [0, 0.05) is 39.9 Å². The van der Waals surface area contributed by atoms with Crippen molar-refractivity contribution in [2.75, 3.05) is 7.11 Å². The minimum atomic E-state index is -4.86. The maximum atomic E-state index is 14.6. The molecule has 0 fully saturated rings. The van der Waals surface area contributed by atoms with Gasteiger partial charge in [-0.25, -0.2) is 9.37 Å². The van der Waals surface area contributed by atoms with Gasteiger partial charge in [0.25, 0.3) is 0 Å². The highest BCUT2D eigenvalue weighted by Crippen LogP contribution is 2.38. The van der Waals surface area contributed by atoms with Crippen LogP contribution < -0.4 is 9.47 Å². The van der Waals surface area contributed by atoms with Gasteiger partial charge in [-0.15, -0.1) is 13.2 Å². The number of hydrogen-bond acceptors (Lipinski definition) is 4. The van der Waals surface area contributed by atoms with Gasteiger partial charge in [-0.1, -0.05) is 12.1 Å². The highest BCUT2D eigenvalue weighted by Gasteiger charge is 2.31. The number of alkyl halides is 3. The first-order valence-corrected chi connectivity index (χ1v) is 9.97. The quantitative estimate of drug-likeness (QED) is 0.381. The lowest BCUT2D eigenvalue weighted by molar-refractivity contribution is -0.274. The first kappa shape index (κ1) is 22.6. The zero-order valence-corrected chi connectivity index (χ0v) is 17.8. The van der Waals surface area contributed by atoms with Gasteiger partial charge in [0.15, 0.2) is 0 Å². The van der Waals surface area contributed by atoms with E-state index in [1.165, 1.54) is 37.6 Å². The minimum Gasteiger partial charge on any atom is -0.481 e. The van der Waals surface area contributed by atoms with Crippen LogP contribution >= 0.6 is 0 Å². The van der Waals surface area contributed by atoms with Crippen molar-refractivity contribution in [2.45, 2.75) is 26.4 Å². The summed E-state index contributed by atoms with van der Waals surface area (Å²) < 4.78 is 63.9. The molecule has 2 heterocycles.